The molecule has 0 spiro atoms. The Balaban J connectivity index is 1.43. The SMILES string of the molecule is CN(C)c1ncnc2ccc(N3CCN(Cc4nnc(C(F)(F)F)o4)CC3)cc12. The summed E-state index contributed by atoms with van der Waals surface area (Å²) in [5.41, 5.74) is 1.94. The van der Waals surface area contributed by atoms with E-state index in [1.165, 1.54) is 0 Å². The van der Waals surface area contributed by atoms with E-state index in [9.17, 15) is 13.2 Å². The van der Waals surface area contributed by atoms with E-state index in [4.69, 9.17) is 4.42 Å². The summed E-state index contributed by atoms with van der Waals surface area (Å²) in [6.45, 7) is 3.02. The van der Waals surface area contributed by atoms with Crippen LogP contribution in [0.1, 0.15) is 11.8 Å². The van der Waals surface area contributed by atoms with Crippen LogP contribution in [-0.4, -0.2) is 65.3 Å². The zero-order valence-electron chi connectivity index (χ0n) is 16.0. The van der Waals surface area contributed by atoms with E-state index >= 15 is 0 Å². The summed E-state index contributed by atoms with van der Waals surface area (Å²) in [7, 11) is 3.88. The van der Waals surface area contributed by atoms with Gasteiger partial charge in [0.25, 0.3) is 0 Å². The highest BCUT2D eigenvalue weighted by Crippen LogP contribution is 2.29. The molecule has 0 amide bonds. The fourth-order valence-corrected chi connectivity index (χ4v) is 3.37. The zero-order chi connectivity index (χ0) is 20.6. The standard InChI is InChI=1S/C18H20F3N7O/c1-26(2)16-13-9-12(3-4-14(13)22-11-23-16)28-7-5-27(6-8-28)10-15-24-25-17(29-15)18(19,20)21/h3-4,9,11H,5-8,10H2,1-2H3. The lowest BCUT2D eigenvalue weighted by Crippen LogP contribution is -2.46. The number of piperazine rings is 1. The van der Waals surface area contributed by atoms with Gasteiger partial charge in [-0.15, -0.1) is 10.2 Å². The van der Waals surface area contributed by atoms with Gasteiger partial charge in [0.05, 0.1) is 12.1 Å². The van der Waals surface area contributed by atoms with Crippen LogP contribution in [0.3, 0.4) is 0 Å². The van der Waals surface area contributed by atoms with E-state index in [-0.39, 0.29) is 12.4 Å². The van der Waals surface area contributed by atoms with E-state index in [1.54, 1.807) is 6.33 Å². The molecule has 1 aliphatic heterocycles. The van der Waals surface area contributed by atoms with Crippen molar-refractivity contribution in [3.63, 3.8) is 0 Å². The molecule has 0 unspecified atom stereocenters. The van der Waals surface area contributed by atoms with Crippen molar-refractivity contribution < 1.29 is 17.6 Å². The second kappa shape index (κ2) is 7.47. The molecule has 3 heterocycles. The van der Waals surface area contributed by atoms with Crippen LogP contribution in [0.4, 0.5) is 24.7 Å². The van der Waals surface area contributed by atoms with Crippen LogP contribution in [0, 0.1) is 0 Å². The zero-order valence-corrected chi connectivity index (χ0v) is 16.0. The van der Waals surface area contributed by atoms with Gasteiger partial charge in [0.2, 0.25) is 5.89 Å². The third kappa shape index (κ3) is 4.09. The largest absolute Gasteiger partial charge is 0.470 e. The second-order valence-electron chi connectivity index (χ2n) is 7.06. The van der Waals surface area contributed by atoms with Gasteiger partial charge >= 0.3 is 12.1 Å². The number of rotatable bonds is 4. The van der Waals surface area contributed by atoms with Crippen molar-refractivity contribution in [3.8, 4) is 0 Å². The number of hydrogen-bond acceptors (Lipinski definition) is 8. The lowest BCUT2D eigenvalue weighted by molar-refractivity contribution is -0.157. The van der Waals surface area contributed by atoms with Gasteiger partial charge in [-0.2, -0.15) is 13.2 Å². The Morgan fingerprint density at radius 1 is 1.07 bits per heavy atom. The molecule has 154 valence electrons. The molecule has 1 aliphatic rings. The average molecular weight is 407 g/mol. The average Bonchev–Trinajstić information content (AvgIpc) is 3.16. The first-order chi connectivity index (χ1) is 13.8. The summed E-state index contributed by atoms with van der Waals surface area (Å²) >= 11 is 0. The molecule has 4 rings (SSSR count). The number of alkyl halides is 3. The fourth-order valence-electron chi connectivity index (χ4n) is 3.37. The molecule has 0 saturated carbocycles. The number of halogens is 3. The molecular formula is C18H20F3N7O. The minimum absolute atomic E-state index is 0.0238. The van der Waals surface area contributed by atoms with E-state index in [2.05, 4.69) is 31.1 Å². The minimum Gasteiger partial charge on any atom is -0.416 e. The molecule has 8 nitrogen and oxygen atoms in total. The van der Waals surface area contributed by atoms with E-state index < -0.39 is 12.1 Å². The summed E-state index contributed by atoms with van der Waals surface area (Å²) in [4.78, 5) is 14.9. The highest BCUT2D eigenvalue weighted by molar-refractivity contribution is 5.91. The number of fused-ring (bicyclic) bond motifs is 1. The molecule has 0 radical (unpaired) electrons. The van der Waals surface area contributed by atoms with Gasteiger partial charge in [-0.3, -0.25) is 4.90 Å². The summed E-state index contributed by atoms with van der Waals surface area (Å²) in [6.07, 6.45) is -3.06. The highest BCUT2D eigenvalue weighted by atomic mass is 19.4. The Bertz CT molecular complexity index is 997. The maximum atomic E-state index is 12.6. The Morgan fingerprint density at radius 2 is 1.83 bits per heavy atom. The molecule has 1 saturated heterocycles. The molecule has 1 fully saturated rings. The Labute approximate surface area is 165 Å². The van der Waals surface area contributed by atoms with Gasteiger partial charge in [-0.05, 0) is 18.2 Å². The molecule has 11 heteroatoms. The number of anilines is 2. The van der Waals surface area contributed by atoms with Gasteiger partial charge < -0.3 is 14.2 Å². The lowest BCUT2D eigenvalue weighted by atomic mass is 10.1. The predicted octanol–water partition coefficient (Wildman–Crippen LogP) is 2.42. The van der Waals surface area contributed by atoms with Crippen molar-refractivity contribution in [3.05, 3.63) is 36.3 Å². The van der Waals surface area contributed by atoms with Gasteiger partial charge in [-0.25, -0.2) is 9.97 Å². The van der Waals surface area contributed by atoms with Crippen LogP contribution in [0.2, 0.25) is 0 Å². The number of hydrogen-bond donors (Lipinski definition) is 0. The van der Waals surface area contributed by atoms with Gasteiger partial charge in [0, 0.05) is 51.3 Å². The second-order valence-corrected chi connectivity index (χ2v) is 7.06. The van der Waals surface area contributed by atoms with Crippen molar-refractivity contribution in [2.75, 3.05) is 50.1 Å². The molecule has 29 heavy (non-hydrogen) atoms. The quantitative estimate of drug-likeness (QED) is 0.653. The fraction of sp³-hybridized carbons (Fsp3) is 0.444. The van der Waals surface area contributed by atoms with Crippen LogP contribution >= 0.6 is 0 Å². The Hall–Kier alpha value is -2.95. The van der Waals surface area contributed by atoms with Crippen molar-refractivity contribution >= 4 is 22.4 Å². The maximum absolute atomic E-state index is 12.6. The summed E-state index contributed by atoms with van der Waals surface area (Å²) < 4.78 is 42.5. The van der Waals surface area contributed by atoms with Crippen molar-refractivity contribution in [1.29, 1.82) is 0 Å². The van der Waals surface area contributed by atoms with Crippen LogP contribution in [0.15, 0.2) is 28.9 Å². The first-order valence-corrected chi connectivity index (χ1v) is 9.10. The van der Waals surface area contributed by atoms with E-state index in [0.717, 1.165) is 35.5 Å². The third-order valence-electron chi connectivity index (χ3n) is 4.83. The first-order valence-electron chi connectivity index (χ1n) is 9.10. The minimum atomic E-state index is -4.62. The maximum Gasteiger partial charge on any atom is 0.470 e. The molecule has 1 aromatic carbocycles. The molecular weight excluding hydrogens is 387 g/mol. The molecule has 0 aliphatic carbocycles. The topological polar surface area (TPSA) is 74.4 Å². The Morgan fingerprint density at radius 3 is 2.48 bits per heavy atom. The summed E-state index contributed by atoms with van der Waals surface area (Å²) in [5.74, 6) is -0.474. The predicted molar refractivity (Wildman–Crippen MR) is 101 cm³/mol. The molecule has 2 aromatic heterocycles. The van der Waals surface area contributed by atoms with E-state index in [0.29, 0.717) is 13.1 Å². The van der Waals surface area contributed by atoms with Gasteiger partial charge in [-0.1, -0.05) is 0 Å². The van der Waals surface area contributed by atoms with Gasteiger partial charge in [0.15, 0.2) is 0 Å². The Kier molecular flexibility index (Phi) is 4.99. The van der Waals surface area contributed by atoms with Crippen LogP contribution in [0.5, 0.6) is 0 Å². The van der Waals surface area contributed by atoms with Gasteiger partial charge in [0.1, 0.15) is 12.1 Å². The monoisotopic (exact) mass is 407 g/mol. The molecule has 0 bridgehead atoms. The first kappa shape index (κ1) is 19.4. The summed E-state index contributed by atoms with van der Waals surface area (Å²) in [6, 6.07) is 6.08. The smallest absolute Gasteiger partial charge is 0.416 e. The molecule has 3 aromatic rings. The molecule has 0 N–H and O–H groups in total. The third-order valence-corrected chi connectivity index (χ3v) is 4.83. The van der Waals surface area contributed by atoms with Crippen LogP contribution in [-0.2, 0) is 12.7 Å². The van der Waals surface area contributed by atoms with Crippen LogP contribution in [0.25, 0.3) is 10.9 Å². The van der Waals surface area contributed by atoms with Crippen molar-refractivity contribution in [2.24, 2.45) is 0 Å². The summed E-state index contributed by atoms with van der Waals surface area (Å²) in [5, 5.41) is 7.55. The van der Waals surface area contributed by atoms with Crippen molar-refractivity contribution in [2.45, 2.75) is 12.7 Å². The normalized spacial score (nSPS) is 15.8. The molecule has 0 atom stereocenters. The lowest BCUT2D eigenvalue weighted by Gasteiger charge is -2.35. The van der Waals surface area contributed by atoms with E-state index in [1.807, 2.05) is 36.0 Å². The van der Waals surface area contributed by atoms with Crippen LogP contribution < -0.4 is 9.80 Å². The number of aromatic nitrogens is 4. The number of benzene rings is 1. The highest BCUT2D eigenvalue weighted by Gasteiger charge is 2.38. The number of nitrogens with zero attached hydrogens (tertiary/aromatic N) is 7. The van der Waals surface area contributed by atoms with Crippen molar-refractivity contribution in [1.82, 2.24) is 25.1 Å².